The second kappa shape index (κ2) is 9.46. The minimum absolute atomic E-state index is 0.0801. The third-order valence-electron chi connectivity index (χ3n) is 6.69. The lowest BCUT2D eigenvalue weighted by Gasteiger charge is -2.31. The summed E-state index contributed by atoms with van der Waals surface area (Å²) >= 11 is 0. The third kappa shape index (κ3) is 4.63. The first-order valence-corrected chi connectivity index (χ1v) is 11.5. The molecule has 1 amide bonds. The normalized spacial score (nSPS) is 19.6. The van der Waals surface area contributed by atoms with E-state index >= 15 is 0 Å². The Hall–Kier alpha value is -3.40. The first kappa shape index (κ1) is 22.4. The number of hydrogen-bond acceptors (Lipinski definition) is 7. The monoisotopic (exact) mass is 468 g/mol. The highest BCUT2D eigenvalue weighted by molar-refractivity contribution is 5.77. The Balaban J connectivity index is 1.29. The van der Waals surface area contributed by atoms with E-state index < -0.39 is 11.6 Å². The average Bonchev–Trinajstić information content (AvgIpc) is 3.51. The fourth-order valence-corrected chi connectivity index (χ4v) is 4.78. The number of likely N-dealkylation sites (tertiary alicyclic amines) is 1. The number of nitrogens with zero attached hydrogens (tertiary/aromatic N) is 5. The van der Waals surface area contributed by atoms with Gasteiger partial charge in [0.2, 0.25) is 17.6 Å². The van der Waals surface area contributed by atoms with Gasteiger partial charge >= 0.3 is 0 Å². The van der Waals surface area contributed by atoms with Crippen LogP contribution in [0.3, 0.4) is 0 Å². The molecule has 2 aliphatic heterocycles. The zero-order valence-corrected chi connectivity index (χ0v) is 18.7. The number of halogens is 2. The van der Waals surface area contributed by atoms with E-state index in [-0.39, 0.29) is 17.9 Å². The van der Waals surface area contributed by atoms with E-state index in [9.17, 15) is 13.6 Å². The molecular formula is C24H26F2N6O2. The quantitative estimate of drug-likeness (QED) is 0.591. The summed E-state index contributed by atoms with van der Waals surface area (Å²) in [6, 6.07) is 7.66. The number of benzene rings is 1. The van der Waals surface area contributed by atoms with Gasteiger partial charge in [0, 0.05) is 37.3 Å². The molecule has 8 nitrogen and oxygen atoms in total. The van der Waals surface area contributed by atoms with Crippen LogP contribution in [-0.2, 0) is 11.3 Å². The van der Waals surface area contributed by atoms with E-state index in [1.165, 1.54) is 6.07 Å². The molecule has 0 radical (unpaired) electrons. The predicted octanol–water partition coefficient (Wildman–Crippen LogP) is 3.45. The topological polar surface area (TPSA) is 101 Å². The lowest BCUT2D eigenvalue weighted by molar-refractivity contribution is -0.122. The number of nitrogens with two attached hydrogens (primary N) is 1. The minimum Gasteiger partial charge on any atom is -0.369 e. The van der Waals surface area contributed by atoms with Gasteiger partial charge < -0.3 is 15.2 Å². The molecule has 34 heavy (non-hydrogen) atoms. The maximum Gasteiger partial charge on any atom is 0.244 e. The van der Waals surface area contributed by atoms with E-state index in [1.807, 2.05) is 12.1 Å². The lowest BCUT2D eigenvalue weighted by Crippen LogP contribution is -2.38. The Kier molecular flexibility index (Phi) is 6.23. The van der Waals surface area contributed by atoms with Gasteiger partial charge in [0.15, 0.2) is 11.6 Å². The van der Waals surface area contributed by atoms with Crippen molar-refractivity contribution in [3.8, 4) is 11.4 Å². The third-order valence-corrected chi connectivity index (χ3v) is 6.69. The summed E-state index contributed by atoms with van der Waals surface area (Å²) in [6.07, 6.45) is 4.94. The Bertz CT molecular complexity index is 1180. The molecule has 1 unspecified atom stereocenters. The second-order valence-corrected chi connectivity index (χ2v) is 8.90. The number of primary amides is 1. The molecule has 2 aromatic heterocycles. The molecule has 4 heterocycles. The van der Waals surface area contributed by atoms with Crippen LogP contribution in [0.25, 0.3) is 11.4 Å². The van der Waals surface area contributed by atoms with Crippen LogP contribution in [0.1, 0.15) is 43.2 Å². The molecule has 0 saturated carbocycles. The summed E-state index contributed by atoms with van der Waals surface area (Å²) in [7, 11) is 0. The number of piperidine rings is 1. The van der Waals surface area contributed by atoms with Gasteiger partial charge in [-0.3, -0.25) is 9.69 Å². The molecular weight excluding hydrogens is 442 g/mol. The van der Waals surface area contributed by atoms with E-state index in [0.717, 1.165) is 36.8 Å². The zero-order valence-electron chi connectivity index (χ0n) is 18.7. The van der Waals surface area contributed by atoms with Crippen LogP contribution in [0.15, 0.2) is 41.1 Å². The van der Waals surface area contributed by atoms with Gasteiger partial charge in [-0.2, -0.15) is 4.98 Å². The first-order valence-electron chi connectivity index (χ1n) is 11.5. The Labute approximate surface area is 195 Å². The molecule has 0 bridgehead atoms. The van der Waals surface area contributed by atoms with Crippen molar-refractivity contribution < 1.29 is 18.1 Å². The number of hydrogen-bond donors (Lipinski definition) is 1. The molecule has 2 N–H and O–H groups in total. The molecule has 10 heteroatoms. The van der Waals surface area contributed by atoms with Crippen LogP contribution in [0.5, 0.6) is 0 Å². The van der Waals surface area contributed by atoms with Crippen molar-refractivity contribution in [1.82, 2.24) is 20.0 Å². The summed E-state index contributed by atoms with van der Waals surface area (Å²) in [5.74, 6) is -0.238. The van der Waals surface area contributed by atoms with Gasteiger partial charge in [-0.1, -0.05) is 11.2 Å². The van der Waals surface area contributed by atoms with Crippen molar-refractivity contribution in [2.75, 3.05) is 24.5 Å². The fourth-order valence-electron chi connectivity index (χ4n) is 4.78. The van der Waals surface area contributed by atoms with Gasteiger partial charge in [-0.05, 0) is 62.1 Å². The largest absolute Gasteiger partial charge is 0.369 e. The Morgan fingerprint density at radius 2 is 1.91 bits per heavy atom. The number of pyridine rings is 1. The molecule has 2 saturated heterocycles. The highest BCUT2D eigenvalue weighted by atomic mass is 19.2. The molecule has 1 aromatic carbocycles. The summed E-state index contributed by atoms with van der Waals surface area (Å²) in [4.78, 5) is 24.8. The van der Waals surface area contributed by atoms with Crippen molar-refractivity contribution in [3.05, 3.63) is 59.6 Å². The SMILES string of the molecule is NC(=O)C1CCN(c2cc(-c3noc(C4CCCN4Cc4ccc(F)c(F)c4)n3)ccn2)CC1. The second-order valence-electron chi connectivity index (χ2n) is 8.90. The van der Waals surface area contributed by atoms with Gasteiger partial charge in [-0.25, -0.2) is 13.8 Å². The summed E-state index contributed by atoms with van der Waals surface area (Å²) in [5.41, 5.74) is 6.93. The summed E-state index contributed by atoms with van der Waals surface area (Å²) in [6.45, 7) is 2.70. The zero-order chi connectivity index (χ0) is 23.7. The number of rotatable bonds is 6. The average molecular weight is 469 g/mol. The van der Waals surface area contributed by atoms with Crippen LogP contribution in [0, 0.1) is 17.6 Å². The van der Waals surface area contributed by atoms with Crippen LogP contribution in [-0.4, -0.2) is 45.6 Å². The molecule has 2 aliphatic rings. The van der Waals surface area contributed by atoms with Gasteiger partial charge in [0.1, 0.15) is 5.82 Å². The highest BCUT2D eigenvalue weighted by Crippen LogP contribution is 2.34. The van der Waals surface area contributed by atoms with Crippen molar-refractivity contribution in [2.45, 2.75) is 38.3 Å². The van der Waals surface area contributed by atoms with Crippen LogP contribution >= 0.6 is 0 Å². The van der Waals surface area contributed by atoms with Crippen molar-refractivity contribution in [1.29, 1.82) is 0 Å². The van der Waals surface area contributed by atoms with Crippen LogP contribution in [0.2, 0.25) is 0 Å². The predicted molar refractivity (Wildman–Crippen MR) is 120 cm³/mol. The molecule has 0 aliphatic carbocycles. The van der Waals surface area contributed by atoms with Crippen LogP contribution < -0.4 is 10.6 Å². The van der Waals surface area contributed by atoms with E-state index in [0.29, 0.717) is 49.8 Å². The lowest BCUT2D eigenvalue weighted by atomic mass is 9.96. The molecule has 1 atom stereocenters. The van der Waals surface area contributed by atoms with E-state index in [2.05, 4.69) is 24.9 Å². The molecule has 3 aromatic rings. The maximum atomic E-state index is 13.6. The number of anilines is 1. The fraction of sp³-hybridized carbons (Fsp3) is 0.417. The number of carbonyl (C=O) groups is 1. The maximum absolute atomic E-state index is 13.6. The van der Waals surface area contributed by atoms with Gasteiger partial charge in [-0.15, -0.1) is 0 Å². The highest BCUT2D eigenvalue weighted by Gasteiger charge is 2.31. The van der Waals surface area contributed by atoms with Crippen molar-refractivity contribution in [2.24, 2.45) is 11.7 Å². The first-order chi connectivity index (χ1) is 16.5. The minimum atomic E-state index is -0.850. The smallest absolute Gasteiger partial charge is 0.244 e. The molecule has 178 valence electrons. The van der Waals surface area contributed by atoms with Crippen LogP contribution in [0.4, 0.5) is 14.6 Å². The molecule has 0 spiro atoms. The Morgan fingerprint density at radius 3 is 2.68 bits per heavy atom. The van der Waals surface area contributed by atoms with E-state index in [4.69, 9.17) is 10.3 Å². The number of amides is 1. The van der Waals surface area contributed by atoms with Gasteiger partial charge in [0.25, 0.3) is 0 Å². The molecule has 2 fully saturated rings. The summed E-state index contributed by atoms with van der Waals surface area (Å²) in [5, 5.41) is 4.19. The van der Waals surface area contributed by atoms with Gasteiger partial charge in [0.05, 0.1) is 6.04 Å². The summed E-state index contributed by atoms with van der Waals surface area (Å²) < 4.78 is 32.5. The van der Waals surface area contributed by atoms with E-state index in [1.54, 1.807) is 12.3 Å². The van der Waals surface area contributed by atoms with Crippen molar-refractivity contribution >= 4 is 11.7 Å². The number of aromatic nitrogens is 3. The Morgan fingerprint density at radius 1 is 1.09 bits per heavy atom. The molecule has 5 rings (SSSR count). The van der Waals surface area contributed by atoms with Crippen molar-refractivity contribution in [3.63, 3.8) is 0 Å². The number of carbonyl (C=O) groups excluding carboxylic acids is 1. The standard InChI is InChI=1S/C24H26F2N6O2/c25-18-4-3-15(12-19(18)26)14-32-9-1-2-20(32)24-29-23(30-34-24)17-5-8-28-21(13-17)31-10-6-16(7-11-31)22(27)33/h3-5,8,12-13,16,20H,1-2,6-7,9-11,14H2,(H2,27,33).